The van der Waals surface area contributed by atoms with Gasteiger partial charge in [-0.05, 0) is 29.8 Å². The molecule has 0 amide bonds. The second kappa shape index (κ2) is 7.36. The molecule has 22 heavy (non-hydrogen) atoms. The summed E-state index contributed by atoms with van der Waals surface area (Å²) in [7, 11) is 0. The van der Waals surface area contributed by atoms with E-state index in [0.29, 0.717) is 11.3 Å². The molecule has 0 saturated heterocycles. The lowest BCUT2D eigenvalue weighted by molar-refractivity contribution is -0.134. The van der Waals surface area contributed by atoms with Crippen LogP contribution in [0, 0.1) is 11.3 Å². The number of anilines is 1. The Labute approximate surface area is 129 Å². The molecule has 2 atom stereocenters. The van der Waals surface area contributed by atoms with E-state index in [0.717, 1.165) is 0 Å². The lowest BCUT2D eigenvalue weighted by atomic mass is 10.0. The Bertz CT molecular complexity index is 711. The predicted molar refractivity (Wildman–Crippen MR) is 81.3 cm³/mol. The molecule has 7 heteroatoms. The third-order valence-corrected chi connectivity index (χ3v) is 3.19. The largest absolute Gasteiger partial charge is 0.425 e. The predicted octanol–water partition coefficient (Wildman–Crippen LogP) is 2.45. The van der Waals surface area contributed by atoms with Crippen molar-refractivity contribution in [3.63, 3.8) is 0 Å². The first-order valence-electron chi connectivity index (χ1n) is 6.24. The smallest absolute Gasteiger partial charge is 0.333 e. The van der Waals surface area contributed by atoms with Gasteiger partial charge < -0.3 is 4.74 Å². The molecule has 2 N–H and O–H groups in total. The number of esters is 1. The molecule has 0 aromatic heterocycles. The van der Waals surface area contributed by atoms with Crippen LogP contribution >= 0.6 is 0 Å². The molecule has 0 aliphatic rings. The molecule has 0 aliphatic heterocycles. The summed E-state index contributed by atoms with van der Waals surface area (Å²) in [6.07, 6.45) is 0. The highest BCUT2D eigenvalue weighted by Gasteiger charge is 2.22. The van der Waals surface area contributed by atoms with Crippen molar-refractivity contribution in [2.24, 2.45) is 0 Å². The van der Waals surface area contributed by atoms with E-state index in [1.165, 1.54) is 24.3 Å². The van der Waals surface area contributed by atoms with Gasteiger partial charge in [0.25, 0.3) is 11.3 Å². The summed E-state index contributed by atoms with van der Waals surface area (Å²) in [5.41, 5.74) is 0.962. The maximum absolute atomic E-state index is 12.1. The number of nitriles is 1. The molecule has 2 aromatic carbocycles. The maximum atomic E-state index is 12.1. The van der Waals surface area contributed by atoms with Crippen molar-refractivity contribution in [1.29, 1.82) is 5.26 Å². The molecular weight excluding hydrogens is 304 g/mol. The van der Waals surface area contributed by atoms with Crippen LogP contribution in [0.3, 0.4) is 0 Å². The Morgan fingerprint density at radius 2 is 1.82 bits per heavy atom. The van der Waals surface area contributed by atoms with Gasteiger partial charge in [0.05, 0.1) is 6.07 Å². The standard InChI is InChI=1S/C15H12N2O4S/c16-10-14(11-4-2-1-3-5-11)15(18)21-13-8-6-12(7-9-13)17-22(19)20/h1-9,14,17H,(H,19,20). The van der Waals surface area contributed by atoms with Crippen molar-refractivity contribution in [3.8, 4) is 11.8 Å². The molecule has 0 fully saturated rings. The van der Waals surface area contributed by atoms with Gasteiger partial charge in [0.1, 0.15) is 5.75 Å². The first-order chi connectivity index (χ1) is 10.6. The van der Waals surface area contributed by atoms with E-state index >= 15 is 0 Å². The molecule has 0 spiro atoms. The van der Waals surface area contributed by atoms with Gasteiger partial charge in [0.2, 0.25) is 0 Å². The second-order valence-corrected chi connectivity index (χ2v) is 4.97. The van der Waals surface area contributed by atoms with Crippen molar-refractivity contribution in [3.05, 3.63) is 60.2 Å². The van der Waals surface area contributed by atoms with Crippen LogP contribution in [0.5, 0.6) is 5.75 Å². The maximum Gasteiger partial charge on any atom is 0.333 e. The third kappa shape index (κ3) is 4.15. The van der Waals surface area contributed by atoms with Crippen molar-refractivity contribution in [2.75, 3.05) is 4.72 Å². The Morgan fingerprint density at radius 3 is 2.36 bits per heavy atom. The molecule has 0 heterocycles. The van der Waals surface area contributed by atoms with Crippen molar-refractivity contribution in [1.82, 2.24) is 0 Å². The lowest BCUT2D eigenvalue weighted by Crippen LogP contribution is -2.17. The van der Waals surface area contributed by atoms with Crippen LogP contribution in [0.4, 0.5) is 5.69 Å². The minimum atomic E-state index is -2.17. The highest BCUT2D eigenvalue weighted by molar-refractivity contribution is 7.80. The fourth-order valence-corrected chi connectivity index (χ4v) is 2.11. The van der Waals surface area contributed by atoms with Crippen molar-refractivity contribution >= 4 is 22.9 Å². The molecular formula is C15H12N2O4S. The highest BCUT2D eigenvalue weighted by atomic mass is 32.2. The Morgan fingerprint density at radius 1 is 1.18 bits per heavy atom. The molecule has 2 unspecified atom stereocenters. The zero-order chi connectivity index (χ0) is 15.9. The van der Waals surface area contributed by atoms with E-state index in [-0.39, 0.29) is 5.75 Å². The molecule has 6 nitrogen and oxygen atoms in total. The van der Waals surface area contributed by atoms with Gasteiger partial charge in [-0.1, -0.05) is 30.3 Å². The number of hydrogen-bond donors (Lipinski definition) is 2. The summed E-state index contributed by atoms with van der Waals surface area (Å²) in [5.74, 6) is -1.44. The van der Waals surface area contributed by atoms with Crippen LogP contribution < -0.4 is 9.46 Å². The quantitative estimate of drug-likeness (QED) is 0.501. The number of ether oxygens (including phenoxy) is 1. The van der Waals surface area contributed by atoms with Crippen LogP contribution in [0.1, 0.15) is 11.5 Å². The molecule has 112 valence electrons. The molecule has 2 aromatic rings. The first-order valence-corrected chi connectivity index (χ1v) is 7.34. The number of carbonyl (C=O) groups excluding carboxylic acids is 1. The number of rotatable bonds is 5. The fraction of sp³-hybridized carbons (Fsp3) is 0.0667. The van der Waals surface area contributed by atoms with Gasteiger partial charge in [-0.15, -0.1) is 0 Å². The number of hydrogen-bond acceptors (Lipinski definition) is 4. The number of carbonyl (C=O) groups is 1. The Balaban J connectivity index is 2.08. The normalized spacial score (nSPS) is 12.7. The Kier molecular flexibility index (Phi) is 5.25. The van der Waals surface area contributed by atoms with E-state index in [2.05, 4.69) is 4.72 Å². The zero-order valence-corrected chi connectivity index (χ0v) is 12.1. The van der Waals surface area contributed by atoms with Crippen molar-refractivity contribution < 1.29 is 18.3 Å². The average Bonchev–Trinajstić information content (AvgIpc) is 2.50. The first kappa shape index (κ1) is 15.7. The van der Waals surface area contributed by atoms with Gasteiger partial charge in [0.15, 0.2) is 5.92 Å². The van der Waals surface area contributed by atoms with Crippen LogP contribution in [0.15, 0.2) is 54.6 Å². The molecule has 2 rings (SSSR count). The zero-order valence-electron chi connectivity index (χ0n) is 11.3. The fourth-order valence-electron chi connectivity index (χ4n) is 1.78. The molecule has 0 aliphatic carbocycles. The second-order valence-electron chi connectivity index (χ2n) is 4.27. The summed E-state index contributed by atoms with van der Waals surface area (Å²) in [5, 5.41) is 9.15. The monoisotopic (exact) mass is 316 g/mol. The van der Waals surface area contributed by atoms with Crippen molar-refractivity contribution in [2.45, 2.75) is 5.92 Å². The molecule has 0 radical (unpaired) electrons. The highest BCUT2D eigenvalue weighted by Crippen LogP contribution is 2.21. The summed E-state index contributed by atoms with van der Waals surface area (Å²) in [4.78, 5) is 12.1. The number of nitrogens with one attached hydrogen (secondary N) is 1. The molecule has 0 saturated carbocycles. The molecule has 0 bridgehead atoms. The van der Waals surface area contributed by atoms with Crippen LogP contribution in [0.2, 0.25) is 0 Å². The summed E-state index contributed by atoms with van der Waals surface area (Å²) < 4.78 is 26.7. The van der Waals surface area contributed by atoms with Crippen LogP contribution in [-0.2, 0) is 16.1 Å². The van der Waals surface area contributed by atoms with Gasteiger partial charge in [0, 0.05) is 5.69 Å². The van der Waals surface area contributed by atoms with Crippen LogP contribution in [0.25, 0.3) is 0 Å². The van der Waals surface area contributed by atoms with Gasteiger partial charge in [-0.25, -0.2) is 9.00 Å². The van der Waals surface area contributed by atoms with E-state index < -0.39 is 23.2 Å². The van der Waals surface area contributed by atoms with E-state index in [1.807, 2.05) is 6.07 Å². The summed E-state index contributed by atoms with van der Waals surface area (Å²) >= 11 is -2.17. The Hall–Kier alpha value is -2.69. The van der Waals surface area contributed by atoms with E-state index in [9.17, 15) is 9.00 Å². The van der Waals surface area contributed by atoms with E-state index in [1.54, 1.807) is 30.3 Å². The topological polar surface area (TPSA) is 99.4 Å². The van der Waals surface area contributed by atoms with Gasteiger partial charge in [-0.2, -0.15) is 5.26 Å². The van der Waals surface area contributed by atoms with Gasteiger partial charge >= 0.3 is 5.97 Å². The van der Waals surface area contributed by atoms with E-state index in [4.69, 9.17) is 14.6 Å². The summed E-state index contributed by atoms with van der Waals surface area (Å²) in [6, 6.07) is 16.4. The van der Waals surface area contributed by atoms with Gasteiger partial charge in [-0.3, -0.25) is 9.27 Å². The SMILES string of the molecule is N#CC(C(=O)Oc1ccc(NS(=O)O)cc1)c1ccccc1. The third-order valence-electron chi connectivity index (χ3n) is 2.78. The number of benzene rings is 2. The average molecular weight is 316 g/mol. The number of nitrogens with zero attached hydrogens (tertiary/aromatic N) is 1. The lowest BCUT2D eigenvalue weighted by Gasteiger charge is -2.10. The minimum absolute atomic E-state index is 0.246. The minimum Gasteiger partial charge on any atom is -0.425 e. The summed E-state index contributed by atoms with van der Waals surface area (Å²) in [6.45, 7) is 0. The van der Waals surface area contributed by atoms with Crippen LogP contribution in [-0.4, -0.2) is 14.7 Å².